The van der Waals surface area contributed by atoms with Crippen LogP contribution in [-0.2, 0) is 9.59 Å². The van der Waals surface area contributed by atoms with Crippen LogP contribution >= 0.6 is 15.9 Å². The van der Waals surface area contributed by atoms with E-state index in [0.29, 0.717) is 11.4 Å². The van der Waals surface area contributed by atoms with Crippen molar-refractivity contribution in [3.05, 3.63) is 64.6 Å². The lowest BCUT2D eigenvalue weighted by atomic mass is 10.2. The Morgan fingerprint density at radius 2 is 1.64 bits per heavy atom. The molecule has 2 amide bonds. The molecule has 112 valence electrons. The fraction of sp³-hybridized carbons (Fsp3) is 0.0588. The molecule has 0 spiro atoms. The molecule has 22 heavy (non-hydrogen) atoms. The topological polar surface area (TPSA) is 58.2 Å². The fourth-order valence-corrected chi connectivity index (χ4v) is 2.22. The van der Waals surface area contributed by atoms with E-state index in [0.717, 1.165) is 10.0 Å². The van der Waals surface area contributed by atoms with Crippen molar-refractivity contribution in [2.75, 3.05) is 10.6 Å². The van der Waals surface area contributed by atoms with Gasteiger partial charge >= 0.3 is 0 Å². The maximum Gasteiger partial charge on any atom is 0.248 e. The first-order valence-electron chi connectivity index (χ1n) is 6.65. The third kappa shape index (κ3) is 5.18. The summed E-state index contributed by atoms with van der Waals surface area (Å²) in [5.41, 5.74) is 2.29. The highest BCUT2D eigenvalue weighted by atomic mass is 79.9. The van der Waals surface area contributed by atoms with Crippen LogP contribution in [0, 0.1) is 0 Å². The van der Waals surface area contributed by atoms with E-state index in [1.807, 2.05) is 24.3 Å². The Hall–Kier alpha value is -2.40. The molecule has 0 radical (unpaired) electrons. The standard InChI is InChI=1S/C17H15BrN2O2/c1-12(21)19-15-6-8-16(9-7-15)20-17(22)10-5-13-3-2-4-14(18)11-13/h2-11H,1H3,(H,19,21)(H,20,22). The van der Waals surface area contributed by atoms with Gasteiger partial charge in [-0.25, -0.2) is 0 Å². The zero-order chi connectivity index (χ0) is 15.9. The summed E-state index contributed by atoms with van der Waals surface area (Å²) < 4.78 is 0.962. The number of hydrogen-bond acceptors (Lipinski definition) is 2. The first-order valence-corrected chi connectivity index (χ1v) is 7.44. The summed E-state index contributed by atoms with van der Waals surface area (Å²) in [6.07, 6.45) is 3.22. The Kier molecular flexibility index (Phi) is 5.49. The van der Waals surface area contributed by atoms with Crippen LogP contribution in [-0.4, -0.2) is 11.8 Å². The maximum atomic E-state index is 11.9. The predicted molar refractivity (Wildman–Crippen MR) is 92.6 cm³/mol. The highest BCUT2D eigenvalue weighted by molar-refractivity contribution is 9.10. The normalized spacial score (nSPS) is 10.5. The lowest BCUT2D eigenvalue weighted by molar-refractivity contribution is -0.114. The number of rotatable bonds is 4. The molecular weight excluding hydrogens is 344 g/mol. The summed E-state index contributed by atoms with van der Waals surface area (Å²) in [4.78, 5) is 22.8. The second kappa shape index (κ2) is 7.56. The van der Waals surface area contributed by atoms with Crippen LogP contribution in [0.2, 0.25) is 0 Å². The number of carbonyl (C=O) groups is 2. The highest BCUT2D eigenvalue weighted by Gasteiger charge is 1.99. The van der Waals surface area contributed by atoms with Crippen molar-refractivity contribution in [1.82, 2.24) is 0 Å². The highest BCUT2D eigenvalue weighted by Crippen LogP contribution is 2.15. The number of hydrogen-bond donors (Lipinski definition) is 2. The summed E-state index contributed by atoms with van der Waals surface area (Å²) in [7, 11) is 0. The van der Waals surface area contributed by atoms with Gasteiger partial charge in [-0.2, -0.15) is 0 Å². The van der Waals surface area contributed by atoms with Gasteiger partial charge in [0, 0.05) is 28.8 Å². The number of amides is 2. The minimum Gasteiger partial charge on any atom is -0.326 e. The first-order chi connectivity index (χ1) is 10.5. The Bertz CT molecular complexity index is 709. The smallest absolute Gasteiger partial charge is 0.248 e. The molecule has 2 aromatic rings. The molecule has 0 saturated heterocycles. The van der Waals surface area contributed by atoms with Gasteiger partial charge in [-0.3, -0.25) is 9.59 Å². The molecule has 0 saturated carbocycles. The number of halogens is 1. The first kappa shape index (κ1) is 16.0. The van der Waals surface area contributed by atoms with Gasteiger partial charge in [0.15, 0.2) is 0 Å². The number of anilines is 2. The number of benzene rings is 2. The summed E-state index contributed by atoms with van der Waals surface area (Å²) in [5, 5.41) is 5.42. The molecule has 0 atom stereocenters. The van der Waals surface area contributed by atoms with Crippen LogP contribution in [0.4, 0.5) is 11.4 Å². The van der Waals surface area contributed by atoms with Gasteiger partial charge in [0.05, 0.1) is 0 Å². The molecule has 4 nitrogen and oxygen atoms in total. The van der Waals surface area contributed by atoms with E-state index in [1.54, 1.807) is 30.3 Å². The van der Waals surface area contributed by atoms with Crippen molar-refractivity contribution >= 4 is 45.2 Å². The SMILES string of the molecule is CC(=O)Nc1ccc(NC(=O)C=Cc2cccc(Br)c2)cc1. The van der Waals surface area contributed by atoms with Crippen LogP contribution in [0.15, 0.2) is 59.1 Å². The minimum atomic E-state index is -0.216. The van der Waals surface area contributed by atoms with Gasteiger partial charge in [-0.05, 0) is 48.0 Å². The van der Waals surface area contributed by atoms with Crippen molar-refractivity contribution in [1.29, 1.82) is 0 Å². The Morgan fingerprint density at radius 3 is 2.23 bits per heavy atom. The van der Waals surface area contributed by atoms with Gasteiger partial charge in [-0.1, -0.05) is 28.1 Å². The lowest BCUT2D eigenvalue weighted by Gasteiger charge is -2.05. The average molecular weight is 359 g/mol. The number of nitrogens with one attached hydrogen (secondary N) is 2. The van der Waals surface area contributed by atoms with Gasteiger partial charge in [0.25, 0.3) is 0 Å². The predicted octanol–water partition coefficient (Wildman–Crippen LogP) is 4.06. The van der Waals surface area contributed by atoms with Gasteiger partial charge in [0.1, 0.15) is 0 Å². The summed E-state index contributed by atoms with van der Waals surface area (Å²) in [6.45, 7) is 1.45. The van der Waals surface area contributed by atoms with E-state index < -0.39 is 0 Å². The summed E-state index contributed by atoms with van der Waals surface area (Å²) >= 11 is 3.38. The van der Waals surface area contributed by atoms with Crippen molar-refractivity contribution in [3.8, 4) is 0 Å². The zero-order valence-corrected chi connectivity index (χ0v) is 13.6. The van der Waals surface area contributed by atoms with E-state index in [9.17, 15) is 9.59 Å². The molecular formula is C17H15BrN2O2. The monoisotopic (exact) mass is 358 g/mol. The van der Waals surface area contributed by atoms with Gasteiger partial charge < -0.3 is 10.6 Å². The Morgan fingerprint density at radius 1 is 1.00 bits per heavy atom. The van der Waals surface area contributed by atoms with Gasteiger partial charge in [-0.15, -0.1) is 0 Å². The molecule has 2 N–H and O–H groups in total. The third-order valence-electron chi connectivity index (χ3n) is 2.75. The van der Waals surface area contributed by atoms with E-state index in [4.69, 9.17) is 0 Å². The molecule has 0 unspecified atom stereocenters. The summed E-state index contributed by atoms with van der Waals surface area (Å²) in [6, 6.07) is 14.6. The third-order valence-corrected chi connectivity index (χ3v) is 3.24. The lowest BCUT2D eigenvalue weighted by Crippen LogP contribution is -2.08. The fourth-order valence-electron chi connectivity index (χ4n) is 1.81. The molecule has 0 aliphatic carbocycles. The second-order valence-corrected chi connectivity index (χ2v) is 5.55. The Labute approximate surface area is 137 Å². The molecule has 0 aliphatic rings. The van der Waals surface area contributed by atoms with Crippen molar-refractivity contribution in [2.24, 2.45) is 0 Å². The molecule has 2 aromatic carbocycles. The van der Waals surface area contributed by atoms with Crippen LogP contribution < -0.4 is 10.6 Å². The van der Waals surface area contributed by atoms with Crippen molar-refractivity contribution < 1.29 is 9.59 Å². The maximum absolute atomic E-state index is 11.9. The average Bonchev–Trinajstić information content (AvgIpc) is 2.47. The largest absolute Gasteiger partial charge is 0.326 e. The second-order valence-electron chi connectivity index (χ2n) is 4.64. The molecule has 0 aromatic heterocycles. The minimum absolute atomic E-state index is 0.131. The Balaban J connectivity index is 1.95. The molecule has 0 heterocycles. The van der Waals surface area contributed by atoms with Gasteiger partial charge in [0.2, 0.25) is 11.8 Å². The zero-order valence-electron chi connectivity index (χ0n) is 12.0. The molecule has 5 heteroatoms. The molecule has 0 bridgehead atoms. The van der Waals surface area contributed by atoms with E-state index in [2.05, 4.69) is 26.6 Å². The number of carbonyl (C=O) groups excluding carboxylic acids is 2. The molecule has 0 fully saturated rings. The van der Waals surface area contributed by atoms with E-state index in [-0.39, 0.29) is 11.8 Å². The van der Waals surface area contributed by atoms with E-state index >= 15 is 0 Å². The van der Waals surface area contributed by atoms with Crippen molar-refractivity contribution in [3.63, 3.8) is 0 Å². The van der Waals surface area contributed by atoms with Crippen LogP contribution in [0.25, 0.3) is 6.08 Å². The van der Waals surface area contributed by atoms with E-state index in [1.165, 1.54) is 13.0 Å². The van der Waals surface area contributed by atoms with Crippen LogP contribution in [0.3, 0.4) is 0 Å². The quantitative estimate of drug-likeness (QED) is 0.809. The van der Waals surface area contributed by atoms with Crippen LogP contribution in [0.5, 0.6) is 0 Å². The van der Waals surface area contributed by atoms with Crippen molar-refractivity contribution in [2.45, 2.75) is 6.92 Å². The molecule has 2 rings (SSSR count). The summed E-state index contributed by atoms with van der Waals surface area (Å²) in [5.74, 6) is -0.346. The molecule has 0 aliphatic heterocycles. The van der Waals surface area contributed by atoms with Crippen LogP contribution in [0.1, 0.15) is 12.5 Å².